The number of likely N-dealkylation sites (tertiary alicyclic amines) is 1. The molecule has 1 aliphatic rings. The van der Waals surface area contributed by atoms with Gasteiger partial charge in [-0.15, -0.1) is 11.3 Å². The number of thiazole rings is 1. The lowest BCUT2D eigenvalue weighted by atomic mass is 10.1. The molecule has 1 aromatic rings. The summed E-state index contributed by atoms with van der Waals surface area (Å²) in [6.07, 6.45) is 1.44. The van der Waals surface area contributed by atoms with Gasteiger partial charge in [0.2, 0.25) is 0 Å². The van der Waals surface area contributed by atoms with E-state index in [2.05, 4.69) is 10.3 Å². The van der Waals surface area contributed by atoms with Crippen molar-refractivity contribution in [3.63, 3.8) is 0 Å². The summed E-state index contributed by atoms with van der Waals surface area (Å²) in [6, 6.07) is -0.803. The van der Waals surface area contributed by atoms with Crippen LogP contribution in [0, 0.1) is 6.92 Å². The molecular formula is C14H21N3O3S. The summed E-state index contributed by atoms with van der Waals surface area (Å²) in [5, 5.41) is 5.15. The number of ether oxygens (including phenoxy) is 1. The molecule has 1 unspecified atom stereocenters. The molecule has 1 atom stereocenters. The molecule has 1 aliphatic heterocycles. The van der Waals surface area contributed by atoms with Gasteiger partial charge in [0.1, 0.15) is 11.6 Å². The van der Waals surface area contributed by atoms with Gasteiger partial charge in [0.15, 0.2) is 5.13 Å². The molecule has 116 valence electrons. The van der Waals surface area contributed by atoms with Crippen LogP contribution in [0.2, 0.25) is 0 Å². The minimum absolute atomic E-state index is 0.294. The first kappa shape index (κ1) is 15.8. The SMILES string of the molecule is Cc1csc(NC(=O)N2CCCC2C(=O)OC(C)(C)C)n1. The molecule has 6 nitrogen and oxygen atoms in total. The lowest BCUT2D eigenvalue weighted by Crippen LogP contribution is -2.45. The molecule has 0 aliphatic carbocycles. The van der Waals surface area contributed by atoms with Crippen LogP contribution in [-0.2, 0) is 9.53 Å². The molecule has 21 heavy (non-hydrogen) atoms. The van der Waals surface area contributed by atoms with E-state index in [4.69, 9.17) is 4.74 Å². The summed E-state index contributed by atoms with van der Waals surface area (Å²) >= 11 is 1.37. The Morgan fingerprint density at radius 2 is 2.19 bits per heavy atom. The number of nitrogens with zero attached hydrogens (tertiary/aromatic N) is 2. The molecule has 2 rings (SSSR count). The summed E-state index contributed by atoms with van der Waals surface area (Å²) in [5.74, 6) is -0.342. The van der Waals surface area contributed by atoms with Crippen molar-refractivity contribution in [1.82, 2.24) is 9.88 Å². The van der Waals surface area contributed by atoms with Gasteiger partial charge >= 0.3 is 12.0 Å². The second-order valence-corrected chi connectivity index (χ2v) is 6.97. The van der Waals surface area contributed by atoms with Gasteiger partial charge in [0.25, 0.3) is 0 Å². The number of aryl methyl sites for hydroxylation is 1. The van der Waals surface area contributed by atoms with E-state index in [1.54, 1.807) is 0 Å². The van der Waals surface area contributed by atoms with Gasteiger partial charge < -0.3 is 9.64 Å². The first-order chi connectivity index (χ1) is 9.76. The third-order valence-electron chi connectivity index (χ3n) is 3.03. The minimum Gasteiger partial charge on any atom is -0.458 e. The highest BCUT2D eigenvalue weighted by Gasteiger charge is 2.37. The van der Waals surface area contributed by atoms with Gasteiger partial charge in [-0.2, -0.15) is 0 Å². The number of rotatable bonds is 2. The molecule has 0 saturated carbocycles. The molecule has 1 saturated heterocycles. The topological polar surface area (TPSA) is 71.5 Å². The van der Waals surface area contributed by atoms with Gasteiger partial charge in [-0.25, -0.2) is 14.6 Å². The van der Waals surface area contributed by atoms with Gasteiger partial charge in [0.05, 0.1) is 5.69 Å². The molecule has 1 fully saturated rings. The van der Waals surface area contributed by atoms with E-state index in [9.17, 15) is 9.59 Å². The van der Waals surface area contributed by atoms with Crippen molar-refractivity contribution in [2.24, 2.45) is 0 Å². The van der Waals surface area contributed by atoms with Crippen LogP contribution in [0.5, 0.6) is 0 Å². The first-order valence-electron chi connectivity index (χ1n) is 6.99. The average molecular weight is 311 g/mol. The Labute approximate surface area is 128 Å². The largest absolute Gasteiger partial charge is 0.458 e. The van der Waals surface area contributed by atoms with Crippen molar-refractivity contribution in [2.75, 3.05) is 11.9 Å². The van der Waals surface area contributed by atoms with Crippen LogP contribution < -0.4 is 5.32 Å². The number of amides is 2. The van der Waals surface area contributed by atoms with Gasteiger partial charge in [-0.3, -0.25) is 5.32 Å². The highest BCUT2D eigenvalue weighted by atomic mass is 32.1. The van der Waals surface area contributed by atoms with Gasteiger partial charge in [0, 0.05) is 11.9 Å². The molecule has 0 spiro atoms. The monoisotopic (exact) mass is 311 g/mol. The maximum Gasteiger partial charge on any atom is 0.329 e. The number of nitrogens with one attached hydrogen (secondary N) is 1. The Bertz CT molecular complexity index is 536. The Hall–Kier alpha value is -1.63. The van der Waals surface area contributed by atoms with Crippen molar-refractivity contribution in [1.29, 1.82) is 0 Å². The van der Waals surface area contributed by atoms with E-state index in [-0.39, 0.29) is 12.0 Å². The summed E-state index contributed by atoms with van der Waals surface area (Å²) in [6.45, 7) is 7.89. The summed E-state index contributed by atoms with van der Waals surface area (Å²) in [7, 11) is 0. The molecule has 0 radical (unpaired) electrons. The van der Waals surface area contributed by atoms with E-state index in [0.29, 0.717) is 18.1 Å². The van der Waals surface area contributed by atoms with E-state index >= 15 is 0 Å². The van der Waals surface area contributed by atoms with Crippen LogP contribution in [0.3, 0.4) is 0 Å². The van der Waals surface area contributed by atoms with Gasteiger partial charge in [-0.05, 0) is 40.5 Å². The molecule has 7 heteroatoms. The normalized spacial score (nSPS) is 18.7. The number of aromatic nitrogens is 1. The number of carbonyl (C=O) groups is 2. The molecular weight excluding hydrogens is 290 g/mol. The van der Waals surface area contributed by atoms with Crippen LogP contribution in [-0.4, -0.2) is 40.1 Å². The summed E-state index contributed by atoms with van der Waals surface area (Å²) in [5.41, 5.74) is 0.314. The third kappa shape index (κ3) is 4.17. The summed E-state index contributed by atoms with van der Waals surface area (Å²) in [4.78, 5) is 30.2. The Balaban J connectivity index is 2.00. The Kier molecular flexibility index (Phi) is 4.51. The number of anilines is 1. The zero-order chi connectivity index (χ0) is 15.6. The van der Waals surface area contributed by atoms with Crippen molar-refractivity contribution in [2.45, 2.75) is 52.2 Å². The predicted molar refractivity (Wildman–Crippen MR) is 81.4 cm³/mol. The fraction of sp³-hybridized carbons (Fsp3) is 0.643. The van der Waals surface area contributed by atoms with Crippen molar-refractivity contribution < 1.29 is 14.3 Å². The van der Waals surface area contributed by atoms with E-state index in [0.717, 1.165) is 12.1 Å². The van der Waals surface area contributed by atoms with Gasteiger partial charge in [-0.1, -0.05) is 0 Å². The molecule has 1 N–H and O–H groups in total. The molecule has 2 amide bonds. The maximum atomic E-state index is 12.3. The first-order valence-corrected chi connectivity index (χ1v) is 7.87. The van der Waals surface area contributed by atoms with E-state index in [1.807, 2.05) is 33.1 Å². The number of esters is 1. The van der Waals surface area contributed by atoms with E-state index < -0.39 is 11.6 Å². The van der Waals surface area contributed by atoms with Crippen LogP contribution in [0.25, 0.3) is 0 Å². The number of urea groups is 1. The van der Waals surface area contributed by atoms with Crippen molar-refractivity contribution >= 4 is 28.5 Å². The number of hydrogen-bond acceptors (Lipinski definition) is 5. The Morgan fingerprint density at radius 1 is 1.48 bits per heavy atom. The Morgan fingerprint density at radius 3 is 2.76 bits per heavy atom. The smallest absolute Gasteiger partial charge is 0.329 e. The molecule has 0 bridgehead atoms. The second kappa shape index (κ2) is 6.01. The zero-order valence-electron chi connectivity index (χ0n) is 12.8. The standard InChI is InChI=1S/C14H21N3O3S/c1-9-8-21-12(15-9)16-13(19)17-7-5-6-10(17)11(18)20-14(2,3)4/h8,10H,5-7H2,1-4H3,(H,15,16,19). The number of hydrogen-bond donors (Lipinski definition) is 1. The van der Waals surface area contributed by atoms with Crippen LogP contribution in [0.15, 0.2) is 5.38 Å². The summed E-state index contributed by atoms with van der Waals surface area (Å²) < 4.78 is 5.38. The number of carbonyl (C=O) groups excluding carboxylic acids is 2. The highest BCUT2D eigenvalue weighted by Crippen LogP contribution is 2.23. The second-order valence-electron chi connectivity index (χ2n) is 6.11. The quantitative estimate of drug-likeness (QED) is 0.853. The van der Waals surface area contributed by atoms with Crippen LogP contribution in [0.4, 0.5) is 9.93 Å². The molecule has 2 heterocycles. The minimum atomic E-state index is -0.547. The third-order valence-corrected chi connectivity index (χ3v) is 3.90. The lowest BCUT2D eigenvalue weighted by molar-refractivity contribution is -0.159. The van der Waals surface area contributed by atoms with Crippen LogP contribution in [0.1, 0.15) is 39.3 Å². The predicted octanol–water partition coefficient (Wildman–Crippen LogP) is 2.79. The zero-order valence-corrected chi connectivity index (χ0v) is 13.6. The van der Waals surface area contributed by atoms with Crippen molar-refractivity contribution in [3.8, 4) is 0 Å². The fourth-order valence-electron chi connectivity index (χ4n) is 2.20. The highest BCUT2D eigenvalue weighted by molar-refractivity contribution is 7.13. The average Bonchev–Trinajstić information content (AvgIpc) is 2.95. The van der Waals surface area contributed by atoms with Crippen LogP contribution >= 0.6 is 11.3 Å². The maximum absolute atomic E-state index is 12.3. The molecule has 0 aromatic carbocycles. The van der Waals surface area contributed by atoms with Crippen molar-refractivity contribution in [3.05, 3.63) is 11.1 Å². The molecule has 1 aromatic heterocycles. The fourth-order valence-corrected chi connectivity index (χ4v) is 2.88. The van der Waals surface area contributed by atoms with E-state index in [1.165, 1.54) is 16.2 Å². The lowest BCUT2D eigenvalue weighted by Gasteiger charge is -2.27.